The molecule has 0 unspecified atom stereocenters. The molecular weight excluding hydrogens is 376 g/mol. The number of nitrogens with zero attached hydrogens (tertiary/aromatic N) is 6. The van der Waals surface area contributed by atoms with E-state index in [1.165, 1.54) is 0 Å². The van der Waals surface area contributed by atoms with Crippen molar-refractivity contribution >= 4 is 22.1 Å². The Kier molecular flexibility index (Phi) is 3.60. The predicted octanol–water partition coefficient (Wildman–Crippen LogP) is 4.02. The summed E-state index contributed by atoms with van der Waals surface area (Å²) in [4.78, 5) is 25.6. The topological polar surface area (TPSA) is 109 Å². The van der Waals surface area contributed by atoms with Gasteiger partial charge in [0.2, 0.25) is 0 Å². The summed E-state index contributed by atoms with van der Waals surface area (Å²) in [7, 11) is 0. The van der Waals surface area contributed by atoms with Crippen LogP contribution in [0, 0.1) is 0 Å². The minimum atomic E-state index is 0.617. The molecule has 0 aromatic carbocycles. The fourth-order valence-corrected chi connectivity index (χ4v) is 3.53. The molecule has 2 N–H and O–H groups in total. The Morgan fingerprint density at radius 3 is 2.67 bits per heavy atom. The van der Waals surface area contributed by atoms with E-state index in [-0.39, 0.29) is 0 Å². The normalized spacial score (nSPS) is 11.3. The van der Waals surface area contributed by atoms with Gasteiger partial charge in [-0.25, -0.2) is 9.97 Å². The Morgan fingerprint density at radius 1 is 0.800 bits per heavy atom. The van der Waals surface area contributed by atoms with Gasteiger partial charge in [0.05, 0.1) is 28.6 Å². The number of hydrogen-bond donors (Lipinski definition) is 2. The van der Waals surface area contributed by atoms with Gasteiger partial charge in [-0.1, -0.05) is 6.07 Å². The summed E-state index contributed by atoms with van der Waals surface area (Å²) in [6.07, 6.45) is 8.82. The highest BCUT2D eigenvalue weighted by atomic mass is 15.1. The molecule has 0 radical (unpaired) electrons. The van der Waals surface area contributed by atoms with E-state index in [9.17, 15) is 0 Å². The van der Waals surface area contributed by atoms with Gasteiger partial charge in [-0.15, -0.1) is 0 Å². The Balaban J connectivity index is 1.52. The maximum atomic E-state index is 4.68. The van der Waals surface area contributed by atoms with Crippen LogP contribution < -0.4 is 0 Å². The molecule has 0 saturated heterocycles. The van der Waals surface area contributed by atoms with Gasteiger partial charge in [0.25, 0.3) is 0 Å². The molecule has 0 atom stereocenters. The molecule has 6 aromatic rings. The molecule has 0 bridgehead atoms. The molecule has 6 heterocycles. The van der Waals surface area contributed by atoms with E-state index in [4.69, 9.17) is 0 Å². The number of aromatic nitrogens is 8. The molecule has 0 aliphatic rings. The van der Waals surface area contributed by atoms with Crippen molar-refractivity contribution in [3.63, 3.8) is 0 Å². The molecular formula is C22H14N8. The summed E-state index contributed by atoms with van der Waals surface area (Å²) in [5.74, 6) is 0.635. The molecule has 0 saturated carbocycles. The highest BCUT2D eigenvalue weighted by Crippen LogP contribution is 2.31. The van der Waals surface area contributed by atoms with Gasteiger partial charge in [-0.2, -0.15) is 5.10 Å². The first-order chi connectivity index (χ1) is 14.9. The first-order valence-corrected chi connectivity index (χ1v) is 9.38. The monoisotopic (exact) mass is 390 g/mol. The average molecular weight is 390 g/mol. The van der Waals surface area contributed by atoms with Gasteiger partial charge in [-0.05, 0) is 36.4 Å². The van der Waals surface area contributed by atoms with E-state index in [2.05, 4.69) is 40.1 Å². The predicted molar refractivity (Wildman–Crippen MR) is 113 cm³/mol. The molecule has 6 rings (SSSR count). The van der Waals surface area contributed by atoms with Crippen LogP contribution in [0.5, 0.6) is 0 Å². The smallest absolute Gasteiger partial charge is 0.178 e. The highest BCUT2D eigenvalue weighted by molar-refractivity contribution is 5.96. The standard InChI is InChI=1S/C22H14N8/c1-2-8-24-16(5-1)14-6-9-25-21-19(14)27-22(28-21)20-15-10-17(13-4-3-7-23-11-13)26-12-18(15)29-30-20/h1-12H,(H,29,30)(H,25,27,28). The minimum Gasteiger partial charge on any atom is -0.335 e. The summed E-state index contributed by atoms with van der Waals surface area (Å²) in [6.45, 7) is 0. The fourth-order valence-electron chi connectivity index (χ4n) is 3.53. The molecule has 142 valence electrons. The van der Waals surface area contributed by atoms with E-state index >= 15 is 0 Å². The van der Waals surface area contributed by atoms with Crippen molar-refractivity contribution in [2.24, 2.45) is 0 Å². The number of pyridine rings is 4. The van der Waals surface area contributed by atoms with Gasteiger partial charge >= 0.3 is 0 Å². The Bertz CT molecular complexity index is 1490. The van der Waals surface area contributed by atoms with Crippen LogP contribution in [0.1, 0.15) is 0 Å². The molecule has 0 amide bonds. The third kappa shape index (κ3) is 2.62. The zero-order chi connectivity index (χ0) is 19.9. The molecule has 0 spiro atoms. The molecule has 0 aliphatic heterocycles. The van der Waals surface area contributed by atoms with Crippen LogP contribution in [0.2, 0.25) is 0 Å². The maximum Gasteiger partial charge on any atom is 0.178 e. The summed E-state index contributed by atoms with van der Waals surface area (Å²) < 4.78 is 0. The van der Waals surface area contributed by atoms with Gasteiger partial charge < -0.3 is 4.98 Å². The van der Waals surface area contributed by atoms with E-state index in [1.807, 2.05) is 42.5 Å². The molecule has 8 heteroatoms. The van der Waals surface area contributed by atoms with Crippen molar-refractivity contribution in [1.82, 2.24) is 40.1 Å². The van der Waals surface area contributed by atoms with Gasteiger partial charge in [0.1, 0.15) is 5.69 Å². The lowest BCUT2D eigenvalue weighted by atomic mass is 10.1. The number of H-pyrrole nitrogens is 2. The second-order valence-corrected chi connectivity index (χ2v) is 6.79. The molecule has 0 aliphatic carbocycles. The van der Waals surface area contributed by atoms with Crippen LogP contribution in [0.4, 0.5) is 0 Å². The van der Waals surface area contributed by atoms with E-state index in [0.717, 1.165) is 38.9 Å². The number of hydrogen-bond acceptors (Lipinski definition) is 6. The lowest BCUT2D eigenvalue weighted by Gasteiger charge is -2.01. The second-order valence-electron chi connectivity index (χ2n) is 6.79. The summed E-state index contributed by atoms with van der Waals surface area (Å²) >= 11 is 0. The lowest BCUT2D eigenvalue weighted by molar-refractivity contribution is 1.10. The summed E-state index contributed by atoms with van der Waals surface area (Å²) in [5, 5.41) is 8.43. The first-order valence-electron chi connectivity index (χ1n) is 9.38. The third-order valence-electron chi connectivity index (χ3n) is 4.96. The van der Waals surface area contributed by atoms with Gasteiger partial charge in [-0.3, -0.25) is 20.1 Å². The molecule has 0 fully saturated rings. The average Bonchev–Trinajstić information content (AvgIpc) is 3.43. The van der Waals surface area contributed by atoms with Crippen molar-refractivity contribution < 1.29 is 0 Å². The SMILES string of the molecule is c1ccc(-c2ccnc3nc(-c4n[nH]c5cnc(-c6cccnc6)cc45)[nH]c23)nc1. The van der Waals surface area contributed by atoms with Crippen molar-refractivity contribution in [3.05, 3.63) is 73.4 Å². The van der Waals surface area contributed by atoms with Crippen molar-refractivity contribution in [2.45, 2.75) is 0 Å². The van der Waals surface area contributed by atoms with Crippen LogP contribution in [-0.4, -0.2) is 40.1 Å². The Morgan fingerprint density at radius 2 is 1.80 bits per heavy atom. The van der Waals surface area contributed by atoms with Crippen molar-refractivity contribution in [3.8, 4) is 34.0 Å². The van der Waals surface area contributed by atoms with E-state index < -0.39 is 0 Å². The Hall–Kier alpha value is -4.46. The largest absolute Gasteiger partial charge is 0.335 e. The first kappa shape index (κ1) is 16.5. The van der Waals surface area contributed by atoms with Crippen LogP contribution in [0.25, 0.3) is 56.1 Å². The maximum absolute atomic E-state index is 4.68. The van der Waals surface area contributed by atoms with E-state index in [0.29, 0.717) is 17.2 Å². The van der Waals surface area contributed by atoms with Crippen LogP contribution >= 0.6 is 0 Å². The summed E-state index contributed by atoms with van der Waals surface area (Å²) in [6, 6.07) is 13.6. The number of aromatic amines is 2. The molecule has 30 heavy (non-hydrogen) atoms. The van der Waals surface area contributed by atoms with Gasteiger partial charge in [0.15, 0.2) is 11.5 Å². The zero-order valence-electron chi connectivity index (χ0n) is 15.6. The molecule has 6 aromatic heterocycles. The van der Waals surface area contributed by atoms with Crippen LogP contribution in [-0.2, 0) is 0 Å². The van der Waals surface area contributed by atoms with Crippen LogP contribution in [0.3, 0.4) is 0 Å². The quantitative estimate of drug-likeness (QED) is 0.472. The Labute approximate surface area is 170 Å². The number of imidazole rings is 1. The second kappa shape index (κ2) is 6.56. The fraction of sp³-hybridized carbons (Fsp3) is 0. The number of fused-ring (bicyclic) bond motifs is 2. The summed E-state index contributed by atoms with van der Waals surface area (Å²) in [5.41, 5.74) is 6.54. The van der Waals surface area contributed by atoms with Crippen molar-refractivity contribution in [1.29, 1.82) is 0 Å². The minimum absolute atomic E-state index is 0.617. The highest BCUT2D eigenvalue weighted by Gasteiger charge is 2.17. The lowest BCUT2D eigenvalue weighted by Crippen LogP contribution is -1.86. The third-order valence-corrected chi connectivity index (χ3v) is 4.96. The molecule has 8 nitrogen and oxygen atoms in total. The van der Waals surface area contributed by atoms with Crippen LogP contribution in [0.15, 0.2) is 73.4 Å². The van der Waals surface area contributed by atoms with E-state index in [1.54, 1.807) is 31.0 Å². The van der Waals surface area contributed by atoms with Gasteiger partial charge in [0, 0.05) is 41.3 Å². The number of nitrogens with one attached hydrogen (secondary N) is 2. The number of rotatable bonds is 3. The van der Waals surface area contributed by atoms with Crippen molar-refractivity contribution in [2.75, 3.05) is 0 Å². The zero-order valence-corrected chi connectivity index (χ0v) is 15.6.